The lowest BCUT2D eigenvalue weighted by molar-refractivity contribution is 0.289. The van der Waals surface area contributed by atoms with Gasteiger partial charge in [-0.05, 0) is 67.1 Å². The van der Waals surface area contributed by atoms with Crippen molar-refractivity contribution in [3.05, 3.63) is 54.4 Å². The van der Waals surface area contributed by atoms with Crippen LogP contribution in [0.1, 0.15) is 31.2 Å². The Balaban J connectivity index is 1.29. The molecule has 3 aromatic rings. The number of fused-ring (bicyclic) bond motifs is 5. The van der Waals surface area contributed by atoms with Gasteiger partial charge in [-0.2, -0.15) is 10.1 Å². The fraction of sp³-hybridized carbons (Fsp3) is 0.391. The summed E-state index contributed by atoms with van der Waals surface area (Å²) in [6, 6.07) is 14.5. The van der Waals surface area contributed by atoms with Crippen molar-refractivity contribution < 1.29 is 4.74 Å². The minimum absolute atomic E-state index is 0.537. The van der Waals surface area contributed by atoms with E-state index in [-0.39, 0.29) is 0 Å². The Morgan fingerprint density at radius 1 is 1.10 bits per heavy atom. The second-order valence-electron chi connectivity index (χ2n) is 8.48. The van der Waals surface area contributed by atoms with Gasteiger partial charge in [-0.15, -0.1) is 0 Å². The van der Waals surface area contributed by atoms with Crippen molar-refractivity contribution in [2.45, 2.75) is 50.4 Å². The molecule has 0 radical (unpaired) electrons. The highest BCUT2D eigenvalue weighted by molar-refractivity contribution is 5.75. The summed E-state index contributed by atoms with van der Waals surface area (Å²) < 4.78 is 7.95. The summed E-state index contributed by atoms with van der Waals surface area (Å²) in [4.78, 5) is 7.25. The molecule has 1 unspecified atom stereocenters. The molecule has 1 aromatic carbocycles. The molecular formula is C23H25N5O. The minimum atomic E-state index is 0.537. The Bertz CT molecular complexity index is 1040. The first kappa shape index (κ1) is 17.0. The van der Waals surface area contributed by atoms with Crippen molar-refractivity contribution in [3.63, 3.8) is 0 Å². The maximum Gasteiger partial charge on any atom is 0.223 e. The van der Waals surface area contributed by atoms with E-state index in [1.165, 1.54) is 36.8 Å². The van der Waals surface area contributed by atoms with Crippen LogP contribution < -0.4 is 15.0 Å². The van der Waals surface area contributed by atoms with E-state index in [9.17, 15) is 0 Å². The third kappa shape index (κ3) is 2.90. The summed E-state index contributed by atoms with van der Waals surface area (Å²) in [5, 5.41) is 8.05. The molecule has 0 aliphatic carbocycles. The third-order valence-electron chi connectivity index (χ3n) is 6.72. The summed E-state index contributed by atoms with van der Waals surface area (Å²) in [6.45, 7) is 0.537. The molecule has 2 aromatic heterocycles. The molecule has 6 heteroatoms. The molecule has 2 bridgehead atoms. The molecule has 29 heavy (non-hydrogen) atoms. The second kappa shape index (κ2) is 6.59. The van der Waals surface area contributed by atoms with E-state index < -0.39 is 0 Å². The molecule has 148 valence electrons. The van der Waals surface area contributed by atoms with Gasteiger partial charge in [-0.25, -0.2) is 4.68 Å². The maximum atomic E-state index is 6.08. The van der Waals surface area contributed by atoms with Crippen molar-refractivity contribution >= 4 is 5.82 Å². The summed E-state index contributed by atoms with van der Waals surface area (Å²) in [5.74, 6) is 1.75. The van der Waals surface area contributed by atoms with Crippen LogP contribution in [0.2, 0.25) is 0 Å². The van der Waals surface area contributed by atoms with Crippen LogP contribution in [-0.4, -0.2) is 39.9 Å². The van der Waals surface area contributed by atoms with Crippen LogP contribution in [0.25, 0.3) is 16.8 Å². The van der Waals surface area contributed by atoms with Gasteiger partial charge >= 0.3 is 0 Å². The zero-order valence-corrected chi connectivity index (χ0v) is 16.6. The first-order valence-corrected chi connectivity index (χ1v) is 10.5. The van der Waals surface area contributed by atoms with Gasteiger partial charge in [0, 0.05) is 43.1 Å². The monoisotopic (exact) mass is 387 g/mol. The quantitative estimate of drug-likeness (QED) is 0.745. The molecule has 5 heterocycles. The second-order valence-corrected chi connectivity index (χ2v) is 8.48. The summed E-state index contributed by atoms with van der Waals surface area (Å²) in [7, 11) is 2.18. The fourth-order valence-corrected chi connectivity index (χ4v) is 5.15. The molecule has 3 atom stereocenters. The Labute approximate surface area is 170 Å². The number of nitrogens with one attached hydrogen (secondary N) is 1. The van der Waals surface area contributed by atoms with E-state index in [1.807, 2.05) is 16.9 Å². The summed E-state index contributed by atoms with van der Waals surface area (Å²) in [6.07, 6.45) is 8.77. The number of nitrogens with zero attached hydrogens (tertiary/aromatic N) is 4. The highest BCUT2D eigenvalue weighted by Crippen LogP contribution is 2.39. The molecule has 6 nitrogen and oxygen atoms in total. The average molecular weight is 387 g/mol. The molecule has 3 aliphatic rings. The van der Waals surface area contributed by atoms with Gasteiger partial charge in [0.2, 0.25) is 5.88 Å². The Hall–Kier alpha value is -2.86. The molecular weight excluding hydrogens is 362 g/mol. The van der Waals surface area contributed by atoms with Gasteiger partial charge in [0.05, 0.1) is 5.69 Å². The molecule has 6 rings (SSSR count). The minimum Gasteiger partial charge on any atom is -0.472 e. The topological polar surface area (TPSA) is 55.2 Å². The number of anilines is 1. The smallest absolute Gasteiger partial charge is 0.223 e. The van der Waals surface area contributed by atoms with Gasteiger partial charge in [-0.3, -0.25) is 0 Å². The van der Waals surface area contributed by atoms with Crippen LogP contribution >= 0.6 is 0 Å². The largest absolute Gasteiger partial charge is 0.472 e. The number of piperidine rings is 1. The number of aromatic nitrogens is 3. The first-order chi connectivity index (χ1) is 14.2. The molecule has 0 spiro atoms. The number of hydrogen-bond donors (Lipinski definition) is 1. The lowest BCUT2D eigenvalue weighted by atomic mass is 9.97. The van der Waals surface area contributed by atoms with E-state index in [0.29, 0.717) is 24.7 Å². The van der Waals surface area contributed by atoms with Crippen molar-refractivity contribution in [2.75, 3.05) is 11.9 Å². The average Bonchev–Trinajstić information content (AvgIpc) is 3.42. The molecule has 0 saturated carbocycles. The predicted octanol–water partition coefficient (Wildman–Crippen LogP) is 3.55. The van der Waals surface area contributed by atoms with Crippen LogP contribution in [0.3, 0.4) is 0 Å². The Morgan fingerprint density at radius 2 is 1.93 bits per heavy atom. The predicted molar refractivity (Wildman–Crippen MR) is 112 cm³/mol. The van der Waals surface area contributed by atoms with Crippen LogP contribution in [-0.2, 0) is 6.61 Å². The molecule has 3 aliphatic heterocycles. The van der Waals surface area contributed by atoms with Crippen molar-refractivity contribution in [1.82, 2.24) is 20.1 Å². The number of benzene rings is 1. The van der Waals surface area contributed by atoms with Crippen molar-refractivity contribution in [1.29, 1.82) is 0 Å². The SMILES string of the molecule is CN(c1ccc2c(n1)OCc1cc(-n3cccn3)ccc1-2)C1C[C@H]2CC[C@@H](C1)N2. The zero-order valence-electron chi connectivity index (χ0n) is 16.6. The highest BCUT2D eigenvalue weighted by Gasteiger charge is 2.35. The summed E-state index contributed by atoms with van der Waals surface area (Å²) >= 11 is 0. The molecule has 1 N–H and O–H groups in total. The highest BCUT2D eigenvalue weighted by atomic mass is 16.5. The van der Waals surface area contributed by atoms with Gasteiger partial charge in [-0.1, -0.05) is 6.07 Å². The van der Waals surface area contributed by atoms with E-state index >= 15 is 0 Å². The Morgan fingerprint density at radius 3 is 2.72 bits per heavy atom. The van der Waals surface area contributed by atoms with Crippen molar-refractivity contribution in [2.24, 2.45) is 0 Å². The van der Waals surface area contributed by atoms with Gasteiger partial charge < -0.3 is 15.0 Å². The van der Waals surface area contributed by atoms with Crippen molar-refractivity contribution in [3.8, 4) is 22.7 Å². The van der Waals surface area contributed by atoms with E-state index in [4.69, 9.17) is 9.72 Å². The molecule has 2 saturated heterocycles. The normalized spacial score (nSPS) is 24.5. The van der Waals surface area contributed by atoms with Gasteiger partial charge in [0.15, 0.2) is 0 Å². The van der Waals surface area contributed by atoms with Crippen LogP contribution in [0.4, 0.5) is 5.82 Å². The lowest BCUT2D eigenvalue weighted by Crippen LogP contribution is -2.47. The number of hydrogen-bond acceptors (Lipinski definition) is 5. The van der Waals surface area contributed by atoms with Crippen LogP contribution in [0, 0.1) is 0 Å². The van der Waals surface area contributed by atoms with Crippen LogP contribution in [0.5, 0.6) is 5.88 Å². The van der Waals surface area contributed by atoms with Gasteiger partial charge in [0.25, 0.3) is 0 Å². The van der Waals surface area contributed by atoms with E-state index in [2.05, 4.69) is 52.7 Å². The fourth-order valence-electron chi connectivity index (χ4n) is 5.15. The number of ether oxygens (including phenoxy) is 1. The Kier molecular flexibility index (Phi) is 3.87. The third-order valence-corrected chi connectivity index (χ3v) is 6.72. The van der Waals surface area contributed by atoms with E-state index in [0.717, 1.165) is 22.9 Å². The zero-order chi connectivity index (χ0) is 19.4. The van der Waals surface area contributed by atoms with E-state index in [1.54, 1.807) is 6.20 Å². The number of rotatable bonds is 3. The maximum absolute atomic E-state index is 6.08. The standard InChI is InChI=1S/C23H25N5O/c1-27(19-12-16-3-4-17(13-19)25-16)22-8-7-21-20-6-5-18(28-10-2-9-24-28)11-15(20)14-29-23(21)26-22/h2,5-11,16-17,19,25H,3-4,12-14H2,1H3/t16-,17+,19?. The van der Waals surface area contributed by atoms with Gasteiger partial charge in [0.1, 0.15) is 12.4 Å². The molecule has 2 fully saturated rings. The number of pyridine rings is 1. The molecule has 0 amide bonds. The summed E-state index contributed by atoms with van der Waals surface area (Å²) in [5.41, 5.74) is 4.48. The van der Waals surface area contributed by atoms with Crippen LogP contribution in [0.15, 0.2) is 48.8 Å². The first-order valence-electron chi connectivity index (χ1n) is 10.5. The lowest BCUT2D eigenvalue weighted by Gasteiger charge is -2.36.